The van der Waals surface area contributed by atoms with Gasteiger partial charge in [0.2, 0.25) is 5.76 Å². The molecule has 2 aromatic rings. The predicted octanol–water partition coefficient (Wildman–Crippen LogP) is 3.48. The summed E-state index contributed by atoms with van der Waals surface area (Å²) < 4.78 is 15.3. The molecule has 1 saturated heterocycles. The molecule has 134 valence electrons. The standard InChI is InChI=1S/C18H14ClNO6/c1-2-24-16(21)10-20-17(22)15(26-18(20)23)9-13-6-7-14(25-13)11-4-3-5-12(19)8-11/h3-9H,2,10H2,1H3/b15-9-. The van der Waals surface area contributed by atoms with Crippen LogP contribution in [0.3, 0.4) is 0 Å². The Labute approximate surface area is 153 Å². The van der Waals surface area contributed by atoms with Crippen LogP contribution in [0.2, 0.25) is 5.02 Å². The Morgan fingerprint density at radius 2 is 2.08 bits per heavy atom. The molecule has 0 aliphatic carbocycles. The minimum absolute atomic E-state index is 0.150. The van der Waals surface area contributed by atoms with Crippen LogP contribution in [0.15, 0.2) is 46.6 Å². The molecular formula is C18H14ClNO6. The summed E-state index contributed by atoms with van der Waals surface area (Å²) in [6.07, 6.45) is 0.357. The Kier molecular flexibility index (Phi) is 5.09. The molecule has 1 aliphatic rings. The lowest BCUT2D eigenvalue weighted by molar-refractivity contribution is -0.146. The number of furan rings is 1. The number of benzene rings is 1. The second kappa shape index (κ2) is 7.45. The van der Waals surface area contributed by atoms with E-state index in [4.69, 9.17) is 25.5 Å². The van der Waals surface area contributed by atoms with Crippen molar-refractivity contribution < 1.29 is 28.3 Å². The maximum Gasteiger partial charge on any atom is 0.423 e. The molecule has 1 aliphatic heterocycles. The summed E-state index contributed by atoms with van der Waals surface area (Å²) >= 11 is 5.96. The van der Waals surface area contributed by atoms with Crippen LogP contribution in [0.4, 0.5) is 4.79 Å². The summed E-state index contributed by atoms with van der Waals surface area (Å²) in [5.74, 6) is -0.802. The van der Waals surface area contributed by atoms with Gasteiger partial charge in [-0.3, -0.25) is 9.59 Å². The van der Waals surface area contributed by atoms with Gasteiger partial charge in [-0.05, 0) is 31.2 Å². The topological polar surface area (TPSA) is 86.1 Å². The van der Waals surface area contributed by atoms with Gasteiger partial charge in [-0.25, -0.2) is 9.69 Å². The van der Waals surface area contributed by atoms with Crippen molar-refractivity contribution in [2.24, 2.45) is 0 Å². The molecule has 7 nitrogen and oxygen atoms in total. The molecule has 0 saturated carbocycles. The number of halogens is 1. The van der Waals surface area contributed by atoms with Gasteiger partial charge < -0.3 is 13.9 Å². The average Bonchev–Trinajstić information content (AvgIpc) is 3.16. The Morgan fingerprint density at radius 1 is 1.27 bits per heavy atom. The van der Waals surface area contributed by atoms with E-state index >= 15 is 0 Å². The number of carbonyl (C=O) groups is 3. The Morgan fingerprint density at radius 3 is 2.81 bits per heavy atom. The van der Waals surface area contributed by atoms with E-state index in [1.165, 1.54) is 6.08 Å². The highest BCUT2D eigenvalue weighted by atomic mass is 35.5. The van der Waals surface area contributed by atoms with Crippen molar-refractivity contribution in [2.75, 3.05) is 13.2 Å². The summed E-state index contributed by atoms with van der Waals surface area (Å²) in [7, 11) is 0. The zero-order valence-corrected chi connectivity index (χ0v) is 14.5. The van der Waals surface area contributed by atoms with Gasteiger partial charge in [-0.15, -0.1) is 0 Å². The first kappa shape index (κ1) is 17.8. The summed E-state index contributed by atoms with van der Waals surface area (Å²) in [6.45, 7) is 1.27. The molecule has 1 fully saturated rings. The van der Waals surface area contributed by atoms with Gasteiger partial charge in [0.1, 0.15) is 18.1 Å². The molecule has 0 spiro atoms. The largest absolute Gasteiger partial charge is 0.465 e. The van der Waals surface area contributed by atoms with Gasteiger partial charge in [-0.2, -0.15) is 0 Å². The highest BCUT2D eigenvalue weighted by molar-refractivity contribution is 6.30. The van der Waals surface area contributed by atoms with E-state index in [2.05, 4.69) is 0 Å². The van der Waals surface area contributed by atoms with Crippen LogP contribution in [0.5, 0.6) is 0 Å². The van der Waals surface area contributed by atoms with E-state index in [0.717, 1.165) is 5.56 Å². The number of cyclic esters (lactones) is 1. The van der Waals surface area contributed by atoms with Gasteiger partial charge >= 0.3 is 12.1 Å². The fourth-order valence-corrected chi connectivity index (χ4v) is 2.52. The van der Waals surface area contributed by atoms with E-state index in [1.807, 2.05) is 6.07 Å². The van der Waals surface area contributed by atoms with Crippen molar-refractivity contribution in [1.29, 1.82) is 0 Å². The second-order valence-corrected chi connectivity index (χ2v) is 5.72. The highest BCUT2D eigenvalue weighted by Crippen LogP contribution is 2.27. The SMILES string of the molecule is CCOC(=O)CN1C(=O)O/C(=C\c2ccc(-c3cccc(Cl)c3)o2)C1=O. The third kappa shape index (κ3) is 3.78. The molecule has 3 rings (SSSR count). The number of rotatable bonds is 5. The van der Waals surface area contributed by atoms with Crippen LogP contribution >= 0.6 is 11.6 Å². The van der Waals surface area contributed by atoms with Crippen molar-refractivity contribution >= 4 is 35.6 Å². The number of hydrogen-bond acceptors (Lipinski definition) is 6. The Balaban J connectivity index is 1.77. The molecular weight excluding hydrogens is 362 g/mol. The van der Waals surface area contributed by atoms with Crippen LogP contribution in [0, 0.1) is 0 Å². The molecule has 0 bridgehead atoms. The monoisotopic (exact) mass is 375 g/mol. The molecule has 1 aromatic heterocycles. The first-order valence-electron chi connectivity index (χ1n) is 7.74. The molecule has 2 amide bonds. The first-order chi connectivity index (χ1) is 12.5. The van der Waals surface area contributed by atoms with Crippen molar-refractivity contribution in [1.82, 2.24) is 4.90 Å². The van der Waals surface area contributed by atoms with Crippen LogP contribution in [0.1, 0.15) is 12.7 Å². The molecule has 0 N–H and O–H groups in total. The maximum atomic E-state index is 12.2. The van der Waals surface area contributed by atoms with Crippen molar-refractivity contribution in [3.8, 4) is 11.3 Å². The van der Waals surface area contributed by atoms with Crippen LogP contribution in [-0.2, 0) is 19.1 Å². The van der Waals surface area contributed by atoms with E-state index in [0.29, 0.717) is 21.4 Å². The number of hydrogen-bond donors (Lipinski definition) is 0. The molecule has 0 unspecified atom stereocenters. The molecule has 26 heavy (non-hydrogen) atoms. The van der Waals surface area contributed by atoms with Crippen LogP contribution < -0.4 is 0 Å². The molecule has 2 heterocycles. The number of carbonyl (C=O) groups excluding carboxylic acids is 3. The predicted molar refractivity (Wildman–Crippen MR) is 92.0 cm³/mol. The fraction of sp³-hybridized carbons (Fsp3) is 0.167. The van der Waals surface area contributed by atoms with Gasteiger partial charge in [0, 0.05) is 16.7 Å². The zero-order valence-electron chi connectivity index (χ0n) is 13.7. The van der Waals surface area contributed by atoms with E-state index in [-0.39, 0.29) is 12.4 Å². The molecule has 0 radical (unpaired) electrons. The first-order valence-corrected chi connectivity index (χ1v) is 8.12. The lowest BCUT2D eigenvalue weighted by Gasteiger charge is -2.08. The lowest BCUT2D eigenvalue weighted by atomic mass is 10.2. The number of ether oxygens (including phenoxy) is 2. The second-order valence-electron chi connectivity index (χ2n) is 5.29. The quantitative estimate of drug-likeness (QED) is 0.587. The summed E-state index contributed by atoms with van der Waals surface area (Å²) in [4.78, 5) is 36.1. The minimum atomic E-state index is -0.934. The maximum absolute atomic E-state index is 12.2. The van der Waals surface area contributed by atoms with Gasteiger partial charge in [-0.1, -0.05) is 23.7 Å². The normalized spacial score (nSPS) is 15.5. The number of nitrogens with zero attached hydrogens (tertiary/aromatic N) is 1. The van der Waals surface area contributed by atoms with Gasteiger partial charge in [0.05, 0.1) is 6.61 Å². The Hall–Kier alpha value is -3.06. The van der Waals surface area contributed by atoms with Gasteiger partial charge in [0.15, 0.2) is 0 Å². The minimum Gasteiger partial charge on any atom is -0.465 e. The van der Waals surface area contributed by atoms with E-state index in [1.54, 1.807) is 37.3 Å². The number of esters is 1. The lowest BCUT2D eigenvalue weighted by Crippen LogP contribution is -2.34. The highest BCUT2D eigenvalue weighted by Gasteiger charge is 2.38. The number of amides is 2. The average molecular weight is 376 g/mol. The van der Waals surface area contributed by atoms with Crippen molar-refractivity contribution in [3.05, 3.63) is 52.9 Å². The summed E-state index contributed by atoms with van der Waals surface area (Å²) in [5, 5.41) is 0.563. The fourth-order valence-electron chi connectivity index (χ4n) is 2.33. The summed E-state index contributed by atoms with van der Waals surface area (Å²) in [6, 6.07) is 10.4. The zero-order chi connectivity index (χ0) is 18.7. The van der Waals surface area contributed by atoms with Crippen molar-refractivity contribution in [3.63, 3.8) is 0 Å². The van der Waals surface area contributed by atoms with E-state index in [9.17, 15) is 14.4 Å². The van der Waals surface area contributed by atoms with E-state index < -0.39 is 24.5 Å². The van der Waals surface area contributed by atoms with Crippen LogP contribution in [-0.4, -0.2) is 36.0 Å². The third-order valence-corrected chi connectivity index (χ3v) is 3.71. The molecule has 8 heteroatoms. The summed E-state index contributed by atoms with van der Waals surface area (Å²) in [5.41, 5.74) is 0.765. The Bertz CT molecular complexity index is 901. The third-order valence-electron chi connectivity index (χ3n) is 3.48. The molecule has 0 atom stereocenters. The number of imide groups is 1. The van der Waals surface area contributed by atoms with Gasteiger partial charge in [0.25, 0.3) is 5.91 Å². The smallest absolute Gasteiger partial charge is 0.423 e. The van der Waals surface area contributed by atoms with Crippen LogP contribution in [0.25, 0.3) is 17.4 Å². The molecule has 1 aromatic carbocycles. The van der Waals surface area contributed by atoms with Crippen molar-refractivity contribution in [2.45, 2.75) is 6.92 Å².